The Labute approximate surface area is 113 Å². The zero-order chi connectivity index (χ0) is 13.1. The SMILES string of the molecule is CNCCN(C)C(=O)C1CC1c1cccc(Cl)c1. The average Bonchev–Trinajstić information content (AvgIpc) is 3.15. The van der Waals surface area contributed by atoms with E-state index in [1.807, 2.05) is 37.2 Å². The van der Waals surface area contributed by atoms with E-state index < -0.39 is 0 Å². The summed E-state index contributed by atoms with van der Waals surface area (Å²) in [6.07, 6.45) is 0.947. The van der Waals surface area contributed by atoms with E-state index >= 15 is 0 Å². The van der Waals surface area contributed by atoms with Crippen LogP contribution in [0, 0.1) is 5.92 Å². The fourth-order valence-corrected chi connectivity index (χ4v) is 2.45. The van der Waals surface area contributed by atoms with E-state index in [4.69, 9.17) is 11.6 Å². The molecule has 3 nitrogen and oxygen atoms in total. The third kappa shape index (κ3) is 3.03. The fourth-order valence-electron chi connectivity index (χ4n) is 2.25. The molecule has 18 heavy (non-hydrogen) atoms. The molecule has 1 fully saturated rings. The highest BCUT2D eigenvalue weighted by molar-refractivity contribution is 6.30. The van der Waals surface area contributed by atoms with Crippen molar-refractivity contribution in [3.8, 4) is 0 Å². The van der Waals surface area contributed by atoms with Crippen molar-refractivity contribution < 1.29 is 4.79 Å². The number of amides is 1. The standard InChI is InChI=1S/C14H19ClN2O/c1-16-6-7-17(2)14(18)13-9-12(13)10-4-3-5-11(15)8-10/h3-5,8,12-13,16H,6-7,9H2,1-2H3. The molecule has 2 atom stereocenters. The molecule has 2 rings (SSSR count). The van der Waals surface area contributed by atoms with Crippen molar-refractivity contribution in [3.05, 3.63) is 34.9 Å². The van der Waals surface area contributed by atoms with Crippen LogP contribution in [0.1, 0.15) is 17.9 Å². The summed E-state index contributed by atoms with van der Waals surface area (Å²) in [5, 5.41) is 3.80. The molecule has 0 aromatic heterocycles. The van der Waals surface area contributed by atoms with E-state index in [2.05, 4.69) is 11.4 Å². The molecule has 0 bridgehead atoms. The molecule has 1 N–H and O–H groups in total. The topological polar surface area (TPSA) is 32.3 Å². The van der Waals surface area contributed by atoms with Gasteiger partial charge in [0.25, 0.3) is 0 Å². The molecule has 0 heterocycles. The largest absolute Gasteiger partial charge is 0.344 e. The zero-order valence-corrected chi connectivity index (χ0v) is 11.6. The number of carbonyl (C=O) groups is 1. The average molecular weight is 267 g/mol. The summed E-state index contributed by atoms with van der Waals surface area (Å²) in [7, 11) is 3.76. The van der Waals surface area contributed by atoms with Crippen LogP contribution in [-0.2, 0) is 4.79 Å². The van der Waals surface area contributed by atoms with Crippen LogP contribution in [0.4, 0.5) is 0 Å². The predicted octanol–water partition coefficient (Wildman–Crippen LogP) is 2.12. The van der Waals surface area contributed by atoms with Gasteiger partial charge < -0.3 is 10.2 Å². The Morgan fingerprint density at radius 2 is 2.33 bits per heavy atom. The number of nitrogens with one attached hydrogen (secondary N) is 1. The zero-order valence-electron chi connectivity index (χ0n) is 10.8. The number of benzene rings is 1. The molecular formula is C14H19ClN2O. The monoisotopic (exact) mass is 266 g/mol. The van der Waals surface area contributed by atoms with Gasteiger partial charge in [-0.2, -0.15) is 0 Å². The van der Waals surface area contributed by atoms with E-state index in [9.17, 15) is 4.79 Å². The number of hydrogen-bond donors (Lipinski definition) is 1. The first-order valence-corrected chi connectivity index (χ1v) is 6.66. The maximum atomic E-state index is 12.1. The number of rotatable bonds is 5. The van der Waals surface area contributed by atoms with Crippen molar-refractivity contribution in [3.63, 3.8) is 0 Å². The van der Waals surface area contributed by atoms with Gasteiger partial charge in [-0.3, -0.25) is 4.79 Å². The molecule has 1 aliphatic rings. The Morgan fingerprint density at radius 1 is 1.56 bits per heavy atom. The minimum atomic E-state index is 0.144. The predicted molar refractivity (Wildman–Crippen MR) is 73.9 cm³/mol. The lowest BCUT2D eigenvalue weighted by molar-refractivity contribution is -0.131. The smallest absolute Gasteiger partial charge is 0.226 e. The summed E-state index contributed by atoms with van der Waals surface area (Å²) >= 11 is 5.97. The van der Waals surface area contributed by atoms with Gasteiger partial charge in [-0.05, 0) is 37.1 Å². The van der Waals surface area contributed by atoms with Crippen molar-refractivity contribution in [1.29, 1.82) is 0 Å². The highest BCUT2D eigenvalue weighted by Crippen LogP contribution is 2.48. The Hall–Kier alpha value is -1.06. The summed E-state index contributed by atoms with van der Waals surface area (Å²) in [5.74, 6) is 0.744. The molecule has 98 valence electrons. The Balaban J connectivity index is 1.92. The third-order valence-electron chi connectivity index (χ3n) is 3.46. The van der Waals surface area contributed by atoms with E-state index in [-0.39, 0.29) is 11.8 Å². The van der Waals surface area contributed by atoms with Gasteiger partial charge in [-0.25, -0.2) is 0 Å². The van der Waals surface area contributed by atoms with Gasteiger partial charge in [0.2, 0.25) is 5.91 Å². The highest BCUT2D eigenvalue weighted by atomic mass is 35.5. The highest BCUT2D eigenvalue weighted by Gasteiger charge is 2.45. The van der Waals surface area contributed by atoms with E-state index in [1.54, 1.807) is 0 Å². The van der Waals surface area contributed by atoms with Gasteiger partial charge in [0.1, 0.15) is 0 Å². The minimum absolute atomic E-state index is 0.144. The normalized spacial score (nSPS) is 21.7. The van der Waals surface area contributed by atoms with Gasteiger partial charge in [0.15, 0.2) is 0 Å². The molecule has 4 heteroatoms. The Morgan fingerprint density at radius 3 is 3.00 bits per heavy atom. The quantitative estimate of drug-likeness (QED) is 0.886. The number of nitrogens with zero attached hydrogens (tertiary/aromatic N) is 1. The first kappa shape index (κ1) is 13.4. The van der Waals surface area contributed by atoms with E-state index in [1.165, 1.54) is 5.56 Å². The summed E-state index contributed by atoms with van der Waals surface area (Å²) < 4.78 is 0. The fraction of sp³-hybridized carbons (Fsp3) is 0.500. The lowest BCUT2D eigenvalue weighted by Crippen LogP contribution is -2.34. The van der Waals surface area contributed by atoms with Crippen LogP contribution >= 0.6 is 11.6 Å². The number of carbonyl (C=O) groups excluding carboxylic acids is 1. The third-order valence-corrected chi connectivity index (χ3v) is 3.69. The second-order valence-electron chi connectivity index (χ2n) is 4.87. The van der Waals surface area contributed by atoms with Gasteiger partial charge in [-0.1, -0.05) is 23.7 Å². The van der Waals surface area contributed by atoms with Gasteiger partial charge in [-0.15, -0.1) is 0 Å². The van der Waals surface area contributed by atoms with Crippen LogP contribution in [0.25, 0.3) is 0 Å². The molecule has 0 spiro atoms. The van der Waals surface area contributed by atoms with E-state index in [0.29, 0.717) is 5.92 Å². The van der Waals surface area contributed by atoms with Crippen molar-refractivity contribution >= 4 is 17.5 Å². The van der Waals surface area contributed by atoms with E-state index in [0.717, 1.165) is 24.5 Å². The van der Waals surface area contributed by atoms with Crippen molar-refractivity contribution in [2.75, 3.05) is 27.2 Å². The molecular weight excluding hydrogens is 248 g/mol. The molecule has 0 saturated heterocycles. The van der Waals surface area contributed by atoms with Gasteiger partial charge >= 0.3 is 0 Å². The van der Waals surface area contributed by atoms with Crippen molar-refractivity contribution in [1.82, 2.24) is 10.2 Å². The summed E-state index contributed by atoms with van der Waals surface area (Å²) in [4.78, 5) is 14.0. The molecule has 0 radical (unpaired) electrons. The minimum Gasteiger partial charge on any atom is -0.344 e. The van der Waals surface area contributed by atoms with Crippen LogP contribution < -0.4 is 5.32 Å². The second kappa shape index (κ2) is 5.72. The van der Waals surface area contributed by atoms with Crippen LogP contribution in [0.15, 0.2) is 24.3 Å². The molecule has 1 aromatic carbocycles. The van der Waals surface area contributed by atoms with Gasteiger partial charge in [0.05, 0.1) is 0 Å². The Bertz CT molecular complexity index is 436. The van der Waals surface area contributed by atoms with Crippen LogP contribution in [0.3, 0.4) is 0 Å². The van der Waals surface area contributed by atoms with Crippen molar-refractivity contribution in [2.45, 2.75) is 12.3 Å². The number of halogens is 1. The molecule has 1 aromatic rings. The summed E-state index contributed by atoms with van der Waals surface area (Å²) in [5.41, 5.74) is 1.18. The molecule has 0 aliphatic heterocycles. The Kier molecular flexibility index (Phi) is 4.25. The van der Waals surface area contributed by atoms with Crippen LogP contribution in [-0.4, -0.2) is 38.0 Å². The first-order chi connectivity index (χ1) is 8.63. The van der Waals surface area contributed by atoms with Crippen LogP contribution in [0.2, 0.25) is 5.02 Å². The lowest BCUT2D eigenvalue weighted by Gasteiger charge is -2.16. The van der Waals surface area contributed by atoms with Crippen LogP contribution in [0.5, 0.6) is 0 Å². The molecule has 1 saturated carbocycles. The molecule has 1 aliphatic carbocycles. The number of likely N-dealkylation sites (N-methyl/N-ethyl adjacent to an activating group) is 2. The number of hydrogen-bond acceptors (Lipinski definition) is 2. The second-order valence-corrected chi connectivity index (χ2v) is 5.30. The summed E-state index contributed by atoms with van der Waals surface area (Å²) in [6, 6.07) is 7.83. The maximum Gasteiger partial charge on any atom is 0.226 e. The first-order valence-electron chi connectivity index (χ1n) is 6.28. The summed E-state index contributed by atoms with van der Waals surface area (Å²) in [6.45, 7) is 1.59. The van der Waals surface area contributed by atoms with Gasteiger partial charge in [0, 0.05) is 31.1 Å². The lowest BCUT2D eigenvalue weighted by atomic mass is 10.1. The molecule has 1 amide bonds. The maximum absolute atomic E-state index is 12.1. The van der Waals surface area contributed by atoms with Crippen molar-refractivity contribution in [2.24, 2.45) is 5.92 Å². The molecule has 2 unspecified atom stereocenters.